The zero-order valence-electron chi connectivity index (χ0n) is 8.81. The summed E-state index contributed by atoms with van der Waals surface area (Å²) >= 11 is 1.63. The number of hydrogen-bond acceptors (Lipinski definition) is 5. The lowest BCUT2D eigenvalue weighted by Gasteiger charge is -1.97. The van der Waals surface area contributed by atoms with Crippen molar-refractivity contribution < 1.29 is 0 Å². The fourth-order valence-corrected chi connectivity index (χ4v) is 2.32. The first-order valence-corrected chi connectivity index (χ1v) is 6.29. The van der Waals surface area contributed by atoms with Gasteiger partial charge in [-0.05, 0) is 18.9 Å². The van der Waals surface area contributed by atoms with Gasteiger partial charge in [0.05, 0.1) is 5.69 Å². The van der Waals surface area contributed by atoms with Crippen molar-refractivity contribution in [2.24, 2.45) is 0 Å². The first-order valence-electron chi connectivity index (χ1n) is 5.47. The minimum atomic E-state index is 0.764. The normalized spacial score (nSPS) is 15.5. The number of nitrogens with one attached hydrogen (secondary N) is 2. The molecule has 0 saturated heterocycles. The van der Waals surface area contributed by atoms with E-state index in [-0.39, 0.29) is 0 Å². The standard InChI is InChI=1S/C10H13N5S/c1-2-7(1)11-5-4-9-14-15-10(16-9)8-3-6-12-13-8/h3,6-7,11H,1-2,4-5H2,(H,12,13). The van der Waals surface area contributed by atoms with Gasteiger partial charge in [0.25, 0.3) is 0 Å². The zero-order valence-corrected chi connectivity index (χ0v) is 9.63. The van der Waals surface area contributed by atoms with Gasteiger partial charge in [0, 0.05) is 25.2 Å². The Morgan fingerprint density at radius 2 is 2.38 bits per heavy atom. The molecule has 0 radical (unpaired) electrons. The van der Waals surface area contributed by atoms with Crippen LogP contribution in [0.15, 0.2) is 12.3 Å². The molecule has 5 nitrogen and oxygen atoms in total. The van der Waals surface area contributed by atoms with Gasteiger partial charge in [-0.2, -0.15) is 5.10 Å². The Bertz CT molecular complexity index is 445. The summed E-state index contributed by atoms with van der Waals surface area (Å²) in [6.45, 7) is 1.00. The minimum absolute atomic E-state index is 0.764. The molecule has 1 aliphatic carbocycles. The summed E-state index contributed by atoms with van der Waals surface area (Å²) in [5.41, 5.74) is 0.943. The molecule has 1 aliphatic rings. The SMILES string of the molecule is c1cc(-c2nnc(CCNC3CC3)s2)[nH]n1. The number of rotatable bonds is 5. The molecule has 1 saturated carbocycles. The number of hydrogen-bond donors (Lipinski definition) is 2. The molecule has 2 aromatic rings. The molecule has 0 atom stereocenters. The topological polar surface area (TPSA) is 66.5 Å². The number of nitrogens with zero attached hydrogens (tertiary/aromatic N) is 3. The molecule has 2 N–H and O–H groups in total. The Morgan fingerprint density at radius 3 is 3.12 bits per heavy atom. The fourth-order valence-electron chi connectivity index (χ4n) is 1.51. The second kappa shape index (κ2) is 4.31. The highest BCUT2D eigenvalue weighted by Gasteiger charge is 2.19. The van der Waals surface area contributed by atoms with Crippen molar-refractivity contribution in [1.82, 2.24) is 25.7 Å². The van der Waals surface area contributed by atoms with Crippen LogP contribution in [0.3, 0.4) is 0 Å². The summed E-state index contributed by atoms with van der Waals surface area (Å²) < 4.78 is 0. The summed E-state index contributed by atoms with van der Waals surface area (Å²) in [5.74, 6) is 0. The van der Waals surface area contributed by atoms with Crippen LogP contribution in [0.5, 0.6) is 0 Å². The van der Waals surface area contributed by atoms with Gasteiger partial charge < -0.3 is 5.32 Å². The van der Waals surface area contributed by atoms with E-state index in [9.17, 15) is 0 Å². The lowest BCUT2D eigenvalue weighted by Crippen LogP contribution is -2.19. The third-order valence-electron chi connectivity index (χ3n) is 2.55. The average Bonchev–Trinajstić information content (AvgIpc) is 2.83. The molecule has 84 valence electrons. The molecule has 2 aromatic heterocycles. The maximum atomic E-state index is 4.17. The predicted octanol–water partition coefficient (Wildman–Crippen LogP) is 1.22. The second-order valence-corrected chi connectivity index (χ2v) is 5.01. The molecule has 2 heterocycles. The second-order valence-electron chi connectivity index (χ2n) is 3.95. The maximum Gasteiger partial charge on any atom is 0.165 e. The lowest BCUT2D eigenvalue weighted by molar-refractivity contribution is 0.677. The van der Waals surface area contributed by atoms with Crippen molar-refractivity contribution in [1.29, 1.82) is 0 Å². The Balaban J connectivity index is 1.59. The molecule has 1 fully saturated rings. The molecule has 0 unspecified atom stereocenters. The molecule has 3 rings (SSSR count). The third-order valence-corrected chi connectivity index (χ3v) is 3.56. The summed E-state index contributed by atoms with van der Waals surface area (Å²) in [6.07, 6.45) is 5.35. The van der Waals surface area contributed by atoms with Crippen molar-refractivity contribution in [3.63, 3.8) is 0 Å². The van der Waals surface area contributed by atoms with Crippen LogP contribution in [-0.2, 0) is 6.42 Å². The van der Waals surface area contributed by atoms with E-state index in [2.05, 4.69) is 25.7 Å². The maximum absolute atomic E-state index is 4.17. The van der Waals surface area contributed by atoms with Gasteiger partial charge >= 0.3 is 0 Å². The molecule has 0 bridgehead atoms. The van der Waals surface area contributed by atoms with E-state index in [1.807, 2.05) is 6.07 Å². The van der Waals surface area contributed by atoms with E-state index in [4.69, 9.17) is 0 Å². The van der Waals surface area contributed by atoms with Crippen LogP contribution in [-0.4, -0.2) is 33.0 Å². The Labute approximate surface area is 97.3 Å². The molecule has 0 amide bonds. The van der Waals surface area contributed by atoms with Crippen LogP contribution in [0, 0.1) is 0 Å². The lowest BCUT2D eigenvalue weighted by atomic mass is 10.4. The molecule has 6 heteroatoms. The highest BCUT2D eigenvalue weighted by Crippen LogP contribution is 2.22. The van der Waals surface area contributed by atoms with Gasteiger partial charge in [-0.1, -0.05) is 11.3 Å². The molecule has 16 heavy (non-hydrogen) atoms. The molecular formula is C10H13N5S. The van der Waals surface area contributed by atoms with E-state index in [0.717, 1.165) is 34.7 Å². The first-order chi connectivity index (χ1) is 7.92. The van der Waals surface area contributed by atoms with Crippen molar-refractivity contribution in [3.8, 4) is 10.7 Å². The van der Waals surface area contributed by atoms with Crippen LogP contribution < -0.4 is 5.32 Å². The van der Waals surface area contributed by atoms with Crippen molar-refractivity contribution in [2.45, 2.75) is 25.3 Å². The van der Waals surface area contributed by atoms with Crippen molar-refractivity contribution >= 4 is 11.3 Å². The van der Waals surface area contributed by atoms with Crippen molar-refractivity contribution in [2.75, 3.05) is 6.54 Å². The van der Waals surface area contributed by atoms with E-state index in [1.165, 1.54) is 12.8 Å². The zero-order chi connectivity index (χ0) is 10.8. The minimum Gasteiger partial charge on any atom is -0.314 e. The summed E-state index contributed by atoms with van der Waals surface area (Å²) in [7, 11) is 0. The van der Waals surface area contributed by atoms with Gasteiger partial charge in [-0.15, -0.1) is 10.2 Å². The van der Waals surface area contributed by atoms with Gasteiger partial charge in [0.15, 0.2) is 5.01 Å². The van der Waals surface area contributed by atoms with Crippen molar-refractivity contribution in [3.05, 3.63) is 17.3 Å². The highest BCUT2D eigenvalue weighted by atomic mass is 32.1. The van der Waals surface area contributed by atoms with E-state index in [0.29, 0.717) is 0 Å². The van der Waals surface area contributed by atoms with Crippen LogP contribution in [0.2, 0.25) is 0 Å². The summed E-state index contributed by atoms with van der Waals surface area (Å²) in [5, 5.41) is 20.6. The fraction of sp³-hybridized carbons (Fsp3) is 0.500. The number of H-pyrrole nitrogens is 1. The average molecular weight is 235 g/mol. The van der Waals surface area contributed by atoms with E-state index >= 15 is 0 Å². The molecule has 0 aliphatic heterocycles. The largest absolute Gasteiger partial charge is 0.314 e. The van der Waals surface area contributed by atoms with Crippen LogP contribution in [0.25, 0.3) is 10.7 Å². The quantitative estimate of drug-likeness (QED) is 0.818. The predicted molar refractivity (Wildman–Crippen MR) is 62.2 cm³/mol. The number of aromatic amines is 1. The molecule has 0 spiro atoms. The first kappa shape index (κ1) is 9.92. The smallest absolute Gasteiger partial charge is 0.165 e. The Kier molecular flexibility index (Phi) is 2.67. The van der Waals surface area contributed by atoms with Crippen LogP contribution in [0.4, 0.5) is 0 Å². The van der Waals surface area contributed by atoms with Crippen LogP contribution >= 0.6 is 11.3 Å². The summed E-state index contributed by atoms with van der Waals surface area (Å²) in [4.78, 5) is 0. The Morgan fingerprint density at radius 1 is 1.44 bits per heavy atom. The van der Waals surface area contributed by atoms with Gasteiger partial charge in [-0.3, -0.25) is 5.10 Å². The molecule has 0 aromatic carbocycles. The van der Waals surface area contributed by atoms with E-state index in [1.54, 1.807) is 17.5 Å². The monoisotopic (exact) mass is 235 g/mol. The van der Waals surface area contributed by atoms with Gasteiger partial charge in [0.1, 0.15) is 5.01 Å². The van der Waals surface area contributed by atoms with Gasteiger partial charge in [0.2, 0.25) is 0 Å². The van der Waals surface area contributed by atoms with Gasteiger partial charge in [-0.25, -0.2) is 0 Å². The van der Waals surface area contributed by atoms with E-state index < -0.39 is 0 Å². The molecular weight excluding hydrogens is 222 g/mol. The third kappa shape index (κ3) is 2.28. The number of aromatic nitrogens is 4. The van der Waals surface area contributed by atoms with Crippen LogP contribution in [0.1, 0.15) is 17.8 Å². The highest BCUT2D eigenvalue weighted by molar-refractivity contribution is 7.14. The summed E-state index contributed by atoms with van der Waals surface area (Å²) in [6, 6.07) is 2.67. The Hall–Kier alpha value is -1.27.